The van der Waals surface area contributed by atoms with Crippen LogP contribution in [0.3, 0.4) is 0 Å². The highest BCUT2D eigenvalue weighted by Gasteiger charge is 2.32. The average Bonchev–Trinajstić information content (AvgIpc) is 3.36. The molecule has 3 aromatic rings. The fourth-order valence-electron chi connectivity index (χ4n) is 3.87. The molecule has 38 heavy (non-hydrogen) atoms. The van der Waals surface area contributed by atoms with E-state index in [2.05, 4.69) is 5.32 Å². The van der Waals surface area contributed by atoms with Crippen LogP contribution in [0.25, 0.3) is 11.0 Å². The molecule has 1 aliphatic rings. The molecule has 10 nitrogen and oxygen atoms in total. The van der Waals surface area contributed by atoms with Gasteiger partial charge < -0.3 is 19.3 Å². The van der Waals surface area contributed by atoms with E-state index >= 15 is 0 Å². The van der Waals surface area contributed by atoms with Crippen molar-refractivity contribution in [1.82, 2.24) is 5.06 Å². The van der Waals surface area contributed by atoms with Gasteiger partial charge in [-0.3, -0.25) is 19.2 Å². The number of halogens is 2. The molecule has 198 valence electrons. The highest BCUT2D eigenvalue weighted by molar-refractivity contribution is 6.40. The second-order valence-electron chi connectivity index (χ2n) is 8.43. The highest BCUT2D eigenvalue weighted by Crippen LogP contribution is 2.33. The predicted octanol–water partition coefficient (Wildman–Crippen LogP) is 5.12. The summed E-state index contributed by atoms with van der Waals surface area (Å²) < 4.78 is 11.2. The van der Waals surface area contributed by atoms with Crippen LogP contribution >= 0.6 is 23.2 Å². The third-order valence-electron chi connectivity index (χ3n) is 5.80. The molecule has 0 atom stereocenters. The van der Waals surface area contributed by atoms with E-state index in [-0.39, 0.29) is 54.3 Å². The van der Waals surface area contributed by atoms with Gasteiger partial charge in [0, 0.05) is 36.6 Å². The standard InChI is InChI=1S/C26H22Cl2N2O8/c1-14-16(13-36-22(33)9-4-10-23(34)38-30-20(31)11-12-21(30)32)15-5-2-8-19(25(15)37-14)29-26(35)24-17(27)6-3-7-18(24)28/h2-3,5-8H,4,9-13H2,1H3,(H,29,35). The topological polar surface area (TPSA) is 132 Å². The van der Waals surface area contributed by atoms with E-state index in [1.165, 1.54) is 0 Å². The lowest BCUT2D eigenvalue weighted by molar-refractivity contribution is -0.197. The number of benzene rings is 2. The Balaban J connectivity index is 1.34. The number of para-hydroxylation sites is 1. The van der Waals surface area contributed by atoms with E-state index in [1.807, 2.05) is 0 Å². The Labute approximate surface area is 226 Å². The molecule has 1 fully saturated rings. The average molecular weight is 561 g/mol. The Morgan fingerprint density at radius 1 is 0.974 bits per heavy atom. The number of nitrogens with one attached hydrogen (secondary N) is 1. The molecule has 0 spiro atoms. The predicted molar refractivity (Wildman–Crippen MR) is 136 cm³/mol. The summed E-state index contributed by atoms with van der Waals surface area (Å²) in [5, 5.41) is 4.28. The maximum absolute atomic E-state index is 12.8. The van der Waals surface area contributed by atoms with E-state index in [0.29, 0.717) is 33.0 Å². The quantitative estimate of drug-likeness (QED) is 0.281. The van der Waals surface area contributed by atoms with Crippen LogP contribution in [0.4, 0.5) is 5.69 Å². The van der Waals surface area contributed by atoms with Gasteiger partial charge in [-0.2, -0.15) is 0 Å². The lowest BCUT2D eigenvalue weighted by Crippen LogP contribution is -2.32. The number of rotatable bonds is 9. The summed E-state index contributed by atoms with van der Waals surface area (Å²) in [5.41, 5.74) is 1.53. The summed E-state index contributed by atoms with van der Waals surface area (Å²) in [7, 11) is 0. The molecule has 4 rings (SSSR count). The Morgan fingerprint density at radius 3 is 2.29 bits per heavy atom. The van der Waals surface area contributed by atoms with Crippen molar-refractivity contribution in [3.05, 3.63) is 63.3 Å². The number of furan rings is 1. The van der Waals surface area contributed by atoms with E-state index in [1.54, 1.807) is 43.3 Å². The van der Waals surface area contributed by atoms with E-state index in [0.717, 1.165) is 0 Å². The van der Waals surface area contributed by atoms with Crippen molar-refractivity contribution in [2.24, 2.45) is 0 Å². The van der Waals surface area contributed by atoms with E-state index in [4.69, 9.17) is 37.2 Å². The third kappa shape index (κ3) is 5.98. The third-order valence-corrected chi connectivity index (χ3v) is 6.43. The lowest BCUT2D eigenvalue weighted by atomic mass is 10.1. The van der Waals surface area contributed by atoms with Crippen molar-refractivity contribution in [2.75, 3.05) is 5.32 Å². The number of hydrogen-bond donors (Lipinski definition) is 1. The molecule has 12 heteroatoms. The first kappa shape index (κ1) is 27.2. The molecule has 0 unspecified atom stereocenters. The van der Waals surface area contributed by atoms with Crippen LogP contribution in [0, 0.1) is 6.92 Å². The second-order valence-corrected chi connectivity index (χ2v) is 9.24. The number of esters is 1. The smallest absolute Gasteiger partial charge is 0.333 e. The van der Waals surface area contributed by atoms with Crippen molar-refractivity contribution in [2.45, 2.75) is 45.6 Å². The SMILES string of the molecule is Cc1oc2c(NC(=O)c3c(Cl)cccc3Cl)cccc2c1COC(=O)CCCC(=O)ON1C(=O)CCC1=O. The minimum Gasteiger partial charge on any atom is -0.461 e. The Hall–Kier alpha value is -3.89. The molecular weight excluding hydrogens is 539 g/mol. The summed E-state index contributed by atoms with van der Waals surface area (Å²) in [4.78, 5) is 64.7. The largest absolute Gasteiger partial charge is 0.461 e. The molecule has 1 saturated heterocycles. The number of imide groups is 1. The zero-order valence-corrected chi connectivity index (χ0v) is 21.7. The highest BCUT2D eigenvalue weighted by atomic mass is 35.5. The summed E-state index contributed by atoms with van der Waals surface area (Å²) in [6.45, 7) is 1.61. The van der Waals surface area contributed by atoms with Crippen molar-refractivity contribution in [1.29, 1.82) is 0 Å². The normalized spacial score (nSPS) is 13.2. The zero-order chi connectivity index (χ0) is 27.4. The number of carbonyl (C=O) groups excluding carboxylic acids is 5. The number of anilines is 1. The number of fused-ring (bicyclic) bond motifs is 1. The Bertz CT molecular complexity index is 1410. The maximum Gasteiger partial charge on any atom is 0.333 e. The number of ether oxygens (including phenoxy) is 1. The number of hydrogen-bond acceptors (Lipinski definition) is 8. The van der Waals surface area contributed by atoms with Crippen LogP contribution < -0.4 is 5.32 Å². The first-order valence-corrected chi connectivity index (χ1v) is 12.4. The van der Waals surface area contributed by atoms with Gasteiger partial charge in [-0.1, -0.05) is 41.4 Å². The first-order chi connectivity index (χ1) is 18.2. The van der Waals surface area contributed by atoms with E-state index < -0.39 is 29.7 Å². The molecule has 0 aliphatic carbocycles. The number of carbonyl (C=O) groups is 5. The molecule has 0 saturated carbocycles. The van der Waals surface area contributed by atoms with Crippen LogP contribution in [0.15, 0.2) is 40.8 Å². The molecular formula is C26H22Cl2N2O8. The first-order valence-electron chi connectivity index (χ1n) is 11.6. The van der Waals surface area contributed by atoms with Crippen LogP contribution in [-0.2, 0) is 35.4 Å². The number of amides is 3. The molecule has 2 aromatic carbocycles. The molecule has 3 amide bonds. The summed E-state index contributed by atoms with van der Waals surface area (Å²) in [5.74, 6) is -2.49. The summed E-state index contributed by atoms with van der Waals surface area (Å²) >= 11 is 12.3. The van der Waals surface area contributed by atoms with Crippen LogP contribution in [-0.4, -0.2) is 34.7 Å². The van der Waals surface area contributed by atoms with Crippen molar-refractivity contribution in [3.8, 4) is 0 Å². The monoisotopic (exact) mass is 560 g/mol. The molecule has 1 aromatic heterocycles. The van der Waals surface area contributed by atoms with Gasteiger partial charge in [-0.25, -0.2) is 4.79 Å². The lowest BCUT2D eigenvalue weighted by Gasteiger charge is -2.12. The minimum atomic E-state index is -0.786. The van der Waals surface area contributed by atoms with Crippen LogP contribution in [0.5, 0.6) is 0 Å². The van der Waals surface area contributed by atoms with Gasteiger partial charge in [0.1, 0.15) is 12.4 Å². The van der Waals surface area contributed by atoms with Crippen molar-refractivity contribution in [3.63, 3.8) is 0 Å². The number of aryl methyl sites for hydroxylation is 1. The van der Waals surface area contributed by atoms with Gasteiger partial charge in [-0.05, 0) is 31.5 Å². The Morgan fingerprint density at radius 2 is 1.61 bits per heavy atom. The van der Waals surface area contributed by atoms with Gasteiger partial charge in [0.15, 0.2) is 5.58 Å². The fourth-order valence-corrected chi connectivity index (χ4v) is 4.44. The van der Waals surface area contributed by atoms with Gasteiger partial charge in [0.2, 0.25) is 0 Å². The Kier molecular flexibility index (Phi) is 8.33. The van der Waals surface area contributed by atoms with Crippen LogP contribution in [0.1, 0.15) is 53.8 Å². The zero-order valence-electron chi connectivity index (χ0n) is 20.2. The van der Waals surface area contributed by atoms with Gasteiger partial charge in [-0.15, -0.1) is 5.06 Å². The van der Waals surface area contributed by atoms with Crippen LogP contribution in [0.2, 0.25) is 10.0 Å². The van der Waals surface area contributed by atoms with Crippen molar-refractivity contribution < 1.29 is 38.0 Å². The van der Waals surface area contributed by atoms with Crippen molar-refractivity contribution >= 4 is 69.5 Å². The molecule has 1 N–H and O–H groups in total. The molecule has 2 heterocycles. The molecule has 0 radical (unpaired) electrons. The second kappa shape index (κ2) is 11.7. The number of hydroxylamine groups is 2. The molecule has 1 aliphatic heterocycles. The van der Waals surface area contributed by atoms with Gasteiger partial charge in [0.25, 0.3) is 17.7 Å². The number of nitrogens with zero attached hydrogens (tertiary/aromatic N) is 1. The fraction of sp³-hybridized carbons (Fsp3) is 0.269. The van der Waals surface area contributed by atoms with Gasteiger partial charge >= 0.3 is 11.9 Å². The summed E-state index contributed by atoms with van der Waals surface area (Å²) in [6.07, 6.45) is -0.127. The molecule has 0 bridgehead atoms. The maximum atomic E-state index is 12.8. The van der Waals surface area contributed by atoms with Gasteiger partial charge in [0.05, 0.1) is 21.3 Å². The minimum absolute atomic E-state index is 0.00411. The summed E-state index contributed by atoms with van der Waals surface area (Å²) in [6, 6.07) is 9.90. The van der Waals surface area contributed by atoms with E-state index in [9.17, 15) is 24.0 Å².